The molecule has 3 aliphatic rings. The average molecular weight is 561 g/mol. The topological polar surface area (TPSA) is 106 Å². The number of nitrogens with zero attached hydrogens (tertiary/aromatic N) is 7. The van der Waals surface area contributed by atoms with Gasteiger partial charge < -0.3 is 15.4 Å². The van der Waals surface area contributed by atoms with Crippen LogP contribution in [-0.4, -0.2) is 67.8 Å². The second-order valence-electron chi connectivity index (χ2n) is 13.3. The maximum absolute atomic E-state index is 14.5. The summed E-state index contributed by atoms with van der Waals surface area (Å²) in [5, 5.41) is 8.35. The predicted molar refractivity (Wildman–Crippen MR) is 156 cm³/mol. The van der Waals surface area contributed by atoms with Crippen LogP contribution in [0.4, 0.5) is 10.2 Å². The van der Waals surface area contributed by atoms with Crippen molar-refractivity contribution in [3.8, 4) is 22.8 Å². The highest BCUT2D eigenvalue weighted by molar-refractivity contribution is 5.73. The van der Waals surface area contributed by atoms with Crippen LogP contribution in [0.25, 0.3) is 11.1 Å². The Morgan fingerprint density at radius 2 is 1.93 bits per heavy atom. The summed E-state index contributed by atoms with van der Waals surface area (Å²) in [6.45, 7) is 12.8. The lowest BCUT2D eigenvalue weighted by Gasteiger charge is -2.53. The van der Waals surface area contributed by atoms with Gasteiger partial charge in [-0.2, -0.15) is 0 Å². The molecule has 0 radical (unpaired) electrons. The van der Waals surface area contributed by atoms with E-state index in [9.17, 15) is 4.39 Å². The third-order valence-corrected chi connectivity index (χ3v) is 8.85. The lowest BCUT2D eigenvalue weighted by Crippen LogP contribution is -2.62. The standard InChI is InChI=1S/C31H41FN8O/c1-20(2)25(9-10-30(3,4)33)40-16-31(17-40)11-12-39(15-31)28-29(38-37-19-36-28)41-26-8-7-22(32)13-23(26)24-14-34-18-35-27(24)21-5-6-21/h7-8,13-14,18-21,25H,5-6,9-12,15-17,33H2,1-4H3. The summed E-state index contributed by atoms with van der Waals surface area (Å²) < 4.78 is 20.8. The molecule has 2 N–H and O–H groups in total. The summed E-state index contributed by atoms with van der Waals surface area (Å²) in [4.78, 5) is 18.2. The Morgan fingerprint density at radius 3 is 2.66 bits per heavy atom. The zero-order valence-corrected chi connectivity index (χ0v) is 24.6. The molecule has 0 bridgehead atoms. The molecule has 1 atom stereocenters. The molecule has 1 aromatic carbocycles. The third-order valence-electron chi connectivity index (χ3n) is 8.85. The van der Waals surface area contributed by atoms with Crippen LogP contribution in [0.2, 0.25) is 0 Å². The van der Waals surface area contributed by atoms with Crippen molar-refractivity contribution in [1.82, 2.24) is 30.0 Å². The maximum Gasteiger partial charge on any atom is 0.282 e. The lowest BCUT2D eigenvalue weighted by molar-refractivity contribution is -0.0351. The molecule has 4 heterocycles. The van der Waals surface area contributed by atoms with Crippen LogP contribution in [0.1, 0.15) is 71.4 Å². The van der Waals surface area contributed by atoms with Crippen molar-refractivity contribution in [2.45, 2.75) is 77.3 Å². The van der Waals surface area contributed by atoms with Crippen molar-refractivity contribution in [1.29, 1.82) is 0 Å². The van der Waals surface area contributed by atoms with Crippen molar-refractivity contribution in [2.75, 3.05) is 31.1 Å². The van der Waals surface area contributed by atoms with Crippen LogP contribution < -0.4 is 15.4 Å². The fourth-order valence-corrected chi connectivity index (χ4v) is 6.56. The highest BCUT2D eigenvalue weighted by Gasteiger charge is 2.50. The van der Waals surface area contributed by atoms with Gasteiger partial charge >= 0.3 is 0 Å². The maximum atomic E-state index is 14.5. The number of anilines is 1. The smallest absolute Gasteiger partial charge is 0.282 e. The van der Waals surface area contributed by atoms with Crippen LogP contribution in [-0.2, 0) is 0 Å². The molecule has 3 fully saturated rings. The van der Waals surface area contributed by atoms with Gasteiger partial charge in [-0.05, 0) is 70.1 Å². The number of halogens is 1. The molecule has 6 rings (SSSR count). The highest BCUT2D eigenvalue weighted by Crippen LogP contribution is 2.47. The first-order valence-corrected chi connectivity index (χ1v) is 14.8. The van der Waals surface area contributed by atoms with Crippen LogP contribution in [0.15, 0.2) is 37.1 Å². The van der Waals surface area contributed by atoms with Gasteiger partial charge in [-0.15, -0.1) is 10.2 Å². The molecular weight excluding hydrogens is 519 g/mol. The van der Waals surface area contributed by atoms with E-state index >= 15 is 0 Å². The molecule has 2 aromatic heterocycles. The number of likely N-dealkylation sites (tertiary alicyclic amines) is 1. The van der Waals surface area contributed by atoms with Crippen LogP contribution in [0.5, 0.6) is 11.6 Å². The largest absolute Gasteiger partial charge is 0.434 e. The molecule has 0 amide bonds. The molecule has 10 heteroatoms. The number of ether oxygens (including phenoxy) is 1. The van der Waals surface area contributed by atoms with Gasteiger partial charge in [0.25, 0.3) is 5.88 Å². The number of aromatic nitrogens is 5. The number of nitrogens with two attached hydrogens (primary N) is 1. The van der Waals surface area contributed by atoms with Crippen molar-refractivity contribution >= 4 is 5.82 Å². The van der Waals surface area contributed by atoms with Crippen LogP contribution in [0, 0.1) is 17.2 Å². The fraction of sp³-hybridized carbons (Fsp3) is 0.581. The van der Waals surface area contributed by atoms with Gasteiger partial charge in [0.05, 0.1) is 5.69 Å². The van der Waals surface area contributed by atoms with Gasteiger partial charge in [0, 0.05) is 66.4 Å². The van der Waals surface area contributed by atoms with Crippen molar-refractivity contribution < 1.29 is 9.13 Å². The number of hydrogen-bond acceptors (Lipinski definition) is 9. The van der Waals surface area contributed by atoms with E-state index in [1.165, 1.54) is 18.5 Å². The van der Waals surface area contributed by atoms with E-state index in [0.29, 0.717) is 40.9 Å². The molecule has 2 aliphatic heterocycles. The van der Waals surface area contributed by atoms with Gasteiger partial charge in [0.1, 0.15) is 24.2 Å². The first kappa shape index (κ1) is 27.9. The van der Waals surface area contributed by atoms with E-state index in [-0.39, 0.29) is 16.8 Å². The molecule has 41 heavy (non-hydrogen) atoms. The Kier molecular flexibility index (Phi) is 7.40. The van der Waals surface area contributed by atoms with E-state index in [0.717, 1.165) is 69.5 Å². The molecule has 2 saturated heterocycles. The molecule has 3 aromatic rings. The predicted octanol–water partition coefficient (Wildman–Crippen LogP) is 5.19. The van der Waals surface area contributed by atoms with E-state index < -0.39 is 0 Å². The van der Waals surface area contributed by atoms with E-state index in [2.05, 4.69) is 62.6 Å². The molecule has 1 unspecified atom stereocenters. The molecule has 218 valence electrons. The van der Waals surface area contributed by atoms with Gasteiger partial charge in [-0.1, -0.05) is 13.8 Å². The summed E-state index contributed by atoms with van der Waals surface area (Å²) >= 11 is 0. The Bertz CT molecular complexity index is 1380. The summed E-state index contributed by atoms with van der Waals surface area (Å²) in [7, 11) is 0. The normalized spacial score (nSPS) is 19.5. The minimum atomic E-state index is -0.346. The summed E-state index contributed by atoms with van der Waals surface area (Å²) in [5.41, 5.74) is 8.72. The van der Waals surface area contributed by atoms with Crippen molar-refractivity contribution in [2.24, 2.45) is 17.1 Å². The van der Waals surface area contributed by atoms with Crippen molar-refractivity contribution in [3.05, 3.63) is 48.6 Å². The minimum absolute atomic E-state index is 0.145. The molecule has 1 saturated carbocycles. The van der Waals surface area contributed by atoms with E-state index in [1.807, 2.05) is 0 Å². The SMILES string of the molecule is CC(C)C(CCC(C)(C)N)N1CC2(CCN(c3ncnnc3Oc3ccc(F)cc3-c3cncnc3C3CC3)C2)C1. The fourth-order valence-electron chi connectivity index (χ4n) is 6.56. The summed E-state index contributed by atoms with van der Waals surface area (Å²) in [6, 6.07) is 5.05. The second-order valence-corrected chi connectivity index (χ2v) is 13.3. The first-order chi connectivity index (χ1) is 19.6. The van der Waals surface area contributed by atoms with Gasteiger partial charge in [0.15, 0.2) is 5.82 Å². The first-order valence-electron chi connectivity index (χ1n) is 14.8. The minimum Gasteiger partial charge on any atom is -0.434 e. The third kappa shape index (κ3) is 6.04. The zero-order chi connectivity index (χ0) is 28.8. The van der Waals surface area contributed by atoms with Crippen LogP contribution in [0.3, 0.4) is 0 Å². The lowest BCUT2D eigenvalue weighted by atomic mass is 9.76. The Hall–Kier alpha value is -3.24. The van der Waals surface area contributed by atoms with Crippen molar-refractivity contribution in [3.63, 3.8) is 0 Å². The molecule has 1 aliphatic carbocycles. The molecule has 1 spiro atoms. The Balaban J connectivity index is 1.19. The van der Waals surface area contributed by atoms with E-state index in [1.54, 1.807) is 18.6 Å². The average Bonchev–Trinajstić information content (AvgIpc) is 3.67. The van der Waals surface area contributed by atoms with Gasteiger partial charge in [0.2, 0.25) is 0 Å². The van der Waals surface area contributed by atoms with E-state index in [4.69, 9.17) is 10.5 Å². The summed E-state index contributed by atoms with van der Waals surface area (Å²) in [6.07, 6.45) is 10.1. The number of benzene rings is 1. The molecular formula is C31H41FN8O. The monoisotopic (exact) mass is 560 g/mol. The van der Waals surface area contributed by atoms with Crippen LogP contribution >= 0.6 is 0 Å². The summed E-state index contributed by atoms with van der Waals surface area (Å²) in [5.74, 6) is 2.09. The second kappa shape index (κ2) is 10.9. The number of hydrogen-bond donors (Lipinski definition) is 1. The van der Waals surface area contributed by atoms with Gasteiger partial charge in [-0.25, -0.2) is 19.3 Å². The Morgan fingerprint density at radius 1 is 1.12 bits per heavy atom. The zero-order valence-electron chi connectivity index (χ0n) is 24.6. The Labute approximate surface area is 241 Å². The number of rotatable bonds is 10. The quantitative estimate of drug-likeness (QED) is 0.358. The highest BCUT2D eigenvalue weighted by atomic mass is 19.1. The molecule has 9 nitrogen and oxygen atoms in total. The van der Waals surface area contributed by atoms with Gasteiger partial charge in [-0.3, -0.25) is 4.90 Å².